The van der Waals surface area contributed by atoms with E-state index in [0.29, 0.717) is 11.1 Å². The van der Waals surface area contributed by atoms with Crippen LogP contribution in [0.5, 0.6) is 0 Å². The zero-order valence-electron chi connectivity index (χ0n) is 11.9. The lowest BCUT2D eigenvalue weighted by molar-refractivity contribution is 0.100. The number of carbonyl (C=O) groups is 1. The number of rotatable bonds is 2. The fourth-order valence-electron chi connectivity index (χ4n) is 2.24. The maximum atomic E-state index is 11.3. The van der Waals surface area contributed by atoms with Crippen molar-refractivity contribution in [1.82, 2.24) is 15.3 Å². The third kappa shape index (κ3) is 2.75. The Labute approximate surface area is 118 Å². The van der Waals surface area contributed by atoms with Crippen LogP contribution >= 0.6 is 0 Å². The third-order valence-electron chi connectivity index (χ3n) is 3.18. The van der Waals surface area contributed by atoms with E-state index in [-0.39, 0.29) is 0 Å². The summed E-state index contributed by atoms with van der Waals surface area (Å²) in [5.41, 5.74) is 7.31. The van der Waals surface area contributed by atoms with Crippen molar-refractivity contribution >= 4 is 22.9 Å². The first-order valence-corrected chi connectivity index (χ1v) is 7.00. The number of piperazine rings is 1. The maximum absolute atomic E-state index is 11.3. The van der Waals surface area contributed by atoms with Gasteiger partial charge in [0.1, 0.15) is 5.52 Å². The number of anilines is 1. The molecule has 0 atom stereocenters. The standard InChI is InChI=1S/C12H15N5O.C2H6/c13-11(18)8-2-1-3-9-10(8)16-12(15-9)17-6-4-14-5-7-17;1-2/h1-3,14H,4-7H2,(H2,13,18)(H,15,16);1-2H3. The van der Waals surface area contributed by atoms with Gasteiger partial charge in [0.05, 0.1) is 11.1 Å². The molecule has 1 aromatic heterocycles. The first kappa shape index (κ1) is 14.3. The first-order chi connectivity index (χ1) is 9.75. The second-order valence-electron chi connectivity index (χ2n) is 4.36. The summed E-state index contributed by atoms with van der Waals surface area (Å²) in [5, 5.41) is 3.29. The normalized spacial score (nSPS) is 14.8. The van der Waals surface area contributed by atoms with Crippen LogP contribution in [0.15, 0.2) is 18.2 Å². The van der Waals surface area contributed by atoms with Gasteiger partial charge in [-0.25, -0.2) is 4.98 Å². The average molecular weight is 275 g/mol. The van der Waals surface area contributed by atoms with Crippen LogP contribution in [0.25, 0.3) is 11.0 Å². The Morgan fingerprint density at radius 1 is 1.30 bits per heavy atom. The molecule has 0 unspecified atom stereocenters. The number of primary amides is 1. The predicted molar refractivity (Wildman–Crippen MR) is 81.0 cm³/mol. The van der Waals surface area contributed by atoms with Crippen LogP contribution in [0.4, 0.5) is 5.95 Å². The van der Waals surface area contributed by atoms with Crippen molar-refractivity contribution in [2.45, 2.75) is 13.8 Å². The molecule has 0 saturated carbocycles. The molecule has 1 aromatic carbocycles. The number of nitrogens with one attached hydrogen (secondary N) is 2. The summed E-state index contributed by atoms with van der Waals surface area (Å²) in [5.74, 6) is 0.360. The molecule has 108 valence electrons. The largest absolute Gasteiger partial charge is 0.366 e. The van der Waals surface area contributed by atoms with Crippen LogP contribution in [-0.2, 0) is 0 Å². The second-order valence-corrected chi connectivity index (χ2v) is 4.36. The quantitative estimate of drug-likeness (QED) is 0.766. The molecule has 0 spiro atoms. The summed E-state index contributed by atoms with van der Waals surface area (Å²) in [4.78, 5) is 21.3. The van der Waals surface area contributed by atoms with Gasteiger partial charge in [-0.1, -0.05) is 19.9 Å². The van der Waals surface area contributed by atoms with Gasteiger partial charge in [0.25, 0.3) is 5.91 Å². The molecule has 2 aromatic rings. The summed E-state index contributed by atoms with van der Waals surface area (Å²) in [6.45, 7) is 7.71. The molecule has 0 aliphatic carbocycles. The van der Waals surface area contributed by atoms with E-state index >= 15 is 0 Å². The monoisotopic (exact) mass is 275 g/mol. The molecule has 4 N–H and O–H groups in total. The van der Waals surface area contributed by atoms with Crippen molar-refractivity contribution in [3.05, 3.63) is 23.8 Å². The van der Waals surface area contributed by atoms with Gasteiger partial charge in [-0.05, 0) is 12.1 Å². The van der Waals surface area contributed by atoms with E-state index < -0.39 is 5.91 Å². The van der Waals surface area contributed by atoms with Crippen molar-refractivity contribution in [1.29, 1.82) is 0 Å². The molecule has 6 nitrogen and oxygen atoms in total. The Morgan fingerprint density at radius 2 is 2.00 bits per heavy atom. The van der Waals surface area contributed by atoms with Gasteiger partial charge in [-0.15, -0.1) is 0 Å². The third-order valence-corrected chi connectivity index (χ3v) is 3.18. The number of hydrogen-bond donors (Lipinski definition) is 3. The van der Waals surface area contributed by atoms with Crippen LogP contribution in [0.2, 0.25) is 0 Å². The Morgan fingerprint density at radius 3 is 2.65 bits per heavy atom. The van der Waals surface area contributed by atoms with Gasteiger partial charge < -0.3 is 20.9 Å². The number of nitrogens with two attached hydrogens (primary N) is 1. The number of aromatic amines is 1. The fraction of sp³-hybridized carbons (Fsp3) is 0.429. The lowest BCUT2D eigenvalue weighted by atomic mass is 10.2. The molecule has 20 heavy (non-hydrogen) atoms. The number of hydrogen-bond acceptors (Lipinski definition) is 4. The smallest absolute Gasteiger partial charge is 0.250 e. The van der Waals surface area contributed by atoms with Gasteiger partial charge in [0.2, 0.25) is 5.95 Å². The van der Waals surface area contributed by atoms with Crippen molar-refractivity contribution in [3.63, 3.8) is 0 Å². The van der Waals surface area contributed by atoms with E-state index in [9.17, 15) is 4.79 Å². The van der Waals surface area contributed by atoms with Gasteiger partial charge in [-0.2, -0.15) is 0 Å². The molecule has 1 amide bonds. The van der Waals surface area contributed by atoms with E-state index in [0.717, 1.165) is 37.6 Å². The molecule has 1 fully saturated rings. The summed E-state index contributed by atoms with van der Waals surface area (Å²) in [7, 11) is 0. The Hall–Kier alpha value is -2.08. The Balaban J connectivity index is 0.000000704. The fourth-order valence-corrected chi connectivity index (χ4v) is 2.24. The number of aromatic nitrogens is 2. The number of nitrogens with zero attached hydrogens (tertiary/aromatic N) is 2. The minimum atomic E-state index is -0.445. The molecule has 3 rings (SSSR count). The summed E-state index contributed by atoms with van der Waals surface area (Å²) >= 11 is 0. The zero-order valence-corrected chi connectivity index (χ0v) is 11.9. The molecule has 6 heteroatoms. The second kappa shape index (κ2) is 6.38. The topological polar surface area (TPSA) is 87.0 Å². The van der Waals surface area contributed by atoms with Gasteiger partial charge in [0.15, 0.2) is 0 Å². The highest BCUT2D eigenvalue weighted by atomic mass is 16.1. The van der Waals surface area contributed by atoms with Crippen molar-refractivity contribution in [2.24, 2.45) is 5.73 Å². The molecule has 1 aliphatic rings. The number of amides is 1. The number of benzene rings is 1. The molecular formula is C14H21N5O. The maximum Gasteiger partial charge on any atom is 0.250 e. The van der Waals surface area contributed by atoms with E-state index in [2.05, 4.69) is 20.2 Å². The van der Waals surface area contributed by atoms with Gasteiger partial charge in [0, 0.05) is 26.2 Å². The van der Waals surface area contributed by atoms with Gasteiger partial charge >= 0.3 is 0 Å². The summed E-state index contributed by atoms with van der Waals surface area (Å²) < 4.78 is 0. The lowest BCUT2D eigenvalue weighted by Gasteiger charge is -2.26. The number of carbonyl (C=O) groups excluding carboxylic acids is 1. The Bertz CT molecular complexity index is 586. The SMILES string of the molecule is CC.NC(=O)c1cccc2[nH]c(N3CCNCC3)nc12. The Kier molecular flexibility index (Phi) is 4.57. The highest BCUT2D eigenvalue weighted by Crippen LogP contribution is 2.20. The predicted octanol–water partition coefficient (Wildman–Crippen LogP) is 1.10. The van der Waals surface area contributed by atoms with Crippen LogP contribution in [0, 0.1) is 0 Å². The van der Waals surface area contributed by atoms with E-state index in [4.69, 9.17) is 5.73 Å². The number of imidazole rings is 1. The zero-order chi connectivity index (χ0) is 14.5. The minimum absolute atomic E-state index is 0.445. The number of H-pyrrole nitrogens is 1. The van der Waals surface area contributed by atoms with E-state index in [1.807, 2.05) is 26.0 Å². The molecule has 1 aliphatic heterocycles. The van der Waals surface area contributed by atoms with E-state index in [1.54, 1.807) is 6.07 Å². The van der Waals surface area contributed by atoms with Crippen molar-refractivity contribution in [3.8, 4) is 0 Å². The van der Waals surface area contributed by atoms with E-state index in [1.165, 1.54) is 0 Å². The molecule has 2 heterocycles. The molecule has 0 bridgehead atoms. The molecule has 0 radical (unpaired) electrons. The van der Waals surface area contributed by atoms with Crippen LogP contribution in [0.1, 0.15) is 24.2 Å². The minimum Gasteiger partial charge on any atom is -0.366 e. The van der Waals surface area contributed by atoms with Gasteiger partial charge in [-0.3, -0.25) is 4.79 Å². The summed E-state index contributed by atoms with van der Waals surface area (Å²) in [6.07, 6.45) is 0. The van der Waals surface area contributed by atoms with Crippen molar-refractivity contribution in [2.75, 3.05) is 31.1 Å². The average Bonchev–Trinajstić information content (AvgIpc) is 2.94. The van der Waals surface area contributed by atoms with Crippen LogP contribution in [-0.4, -0.2) is 42.1 Å². The molecular weight excluding hydrogens is 254 g/mol. The number of fused-ring (bicyclic) bond motifs is 1. The highest BCUT2D eigenvalue weighted by molar-refractivity contribution is 6.04. The highest BCUT2D eigenvalue weighted by Gasteiger charge is 2.16. The molecule has 1 saturated heterocycles. The van der Waals surface area contributed by atoms with Crippen LogP contribution in [0.3, 0.4) is 0 Å². The first-order valence-electron chi connectivity index (χ1n) is 7.00. The summed E-state index contributed by atoms with van der Waals surface area (Å²) in [6, 6.07) is 5.41. The van der Waals surface area contributed by atoms with Crippen LogP contribution < -0.4 is 16.0 Å². The van der Waals surface area contributed by atoms with Crippen molar-refractivity contribution < 1.29 is 4.79 Å². The lowest BCUT2D eigenvalue weighted by Crippen LogP contribution is -2.44. The number of para-hydroxylation sites is 1.